The predicted octanol–water partition coefficient (Wildman–Crippen LogP) is 3.22. The molecule has 1 amide bonds. The smallest absolute Gasteiger partial charge is 0.240 e. The maximum Gasteiger partial charge on any atom is 0.240 e. The number of rotatable bonds is 7. The number of anilines is 1. The van der Waals surface area contributed by atoms with E-state index in [1.165, 1.54) is 4.31 Å². The van der Waals surface area contributed by atoms with Crippen molar-refractivity contribution in [2.75, 3.05) is 17.1 Å². The van der Waals surface area contributed by atoms with E-state index < -0.39 is 10.0 Å². The average Bonchev–Trinajstić information content (AvgIpc) is 2.41. The van der Waals surface area contributed by atoms with Crippen molar-refractivity contribution in [1.82, 2.24) is 5.32 Å². The van der Waals surface area contributed by atoms with Crippen LogP contribution >= 0.6 is 0 Å². The molecule has 0 unspecified atom stereocenters. The highest BCUT2D eigenvalue weighted by Gasteiger charge is 2.27. The maximum absolute atomic E-state index is 12.4. The summed E-state index contributed by atoms with van der Waals surface area (Å²) in [5.41, 5.74) is 2.51. The third-order valence-electron chi connectivity index (χ3n) is 3.73. The molecule has 0 fully saturated rings. The second-order valence-electron chi connectivity index (χ2n) is 7.09. The molecule has 0 aliphatic rings. The number of para-hydroxylation sites is 1. The molecule has 5 nitrogen and oxygen atoms in total. The number of carbonyl (C=O) groups excluding carboxylic acids is 1. The summed E-state index contributed by atoms with van der Waals surface area (Å²) < 4.78 is 26.1. The summed E-state index contributed by atoms with van der Waals surface area (Å²) in [5, 5.41) is 2.77. The number of nitrogens with one attached hydrogen (secondary N) is 1. The molecule has 24 heavy (non-hydrogen) atoms. The number of hydrogen-bond acceptors (Lipinski definition) is 3. The van der Waals surface area contributed by atoms with Crippen LogP contribution in [0.5, 0.6) is 0 Å². The van der Waals surface area contributed by atoms with Gasteiger partial charge in [0.05, 0.1) is 11.9 Å². The van der Waals surface area contributed by atoms with Crippen molar-refractivity contribution in [2.45, 2.75) is 59.4 Å². The van der Waals surface area contributed by atoms with Gasteiger partial charge in [-0.05, 0) is 36.8 Å². The zero-order valence-electron chi connectivity index (χ0n) is 15.8. The Balaban J connectivity index is 3.51. The maximum atomic E-state index is 12.4. The predicted molar refractivity (Wildman–Crippen MR) is 100 cm³/mol. The molecule has 0 radical (unpaired) electrons. The van der Waals surface area contributed by atoms with Gasteiger partial charge in [-0.1, -0.05) is 45.9 Å². The van der Waals surface area contributed by atoms with Gasteiger partial charge in [0, 0.05) is 6.04 Å². The van der Waals surface area contributed by atoms with Gasteiger partial charge in [-0.3, -0.25) is 9.10 Å². The van der Waals surface area contributed by atoms with Crippen molar-refractivity contribution in [3.63, 3.8) is 0 Å². The first-order valence-electron chi connectivity index (χ1n) is 8.35. The second-order valence-corrected chi connectivity index (χ2v) is 8.99. The first-order valence-corrected chi connectivity index (χ1v) is 10.2. The van der Waals surface area contributed by atoms with Crippen molar-refractivity contribution in [1.29, 1.82) is 0 Å². The standard InChI is InChI=1S/C18H30N2O3S/c1-12(2)15-9-8-10-16(13(3)4)18(15)20(24(7,22)23)11-17(21)19-14(5)6/h8-10,12-14H,11H2,1-7H3,(H,19,21). The minimum absolute atomic E-state index is 0.0381. The Kier molecular flexibility index (Phi) is 6.84. The monoisotopic (exact) mass is 354 g/mol. The van der Waals surface area contributed by atoms with Crippen molar-refractivity contribution in [3.8, 4) is 0 Å². The van der Waals surface area contributed by atoms with E-state index in [0.717, 1.165) is 17.4 Å². The summed E-state index contributed by atoms with van der Waals surface area (Å²) in [4.78, 5) is 12.2. The van der Waals surface area contributed by atoms with Crippen LogP contribution in [0.3, 0.4) is 0 Å². The number of benzene rings is 1. The van der Waals surface area contributed by atoms with Gasteiger partial charge < -0.3 is 5.32 Å². The van der Waals surface area contributed by atoms with Crippen LogP contribution in [-0.4, -0.2) is 33.2 Å². The third kappa shape index (κ3) is 5.23. The van der Waals surface area contributed by atoms with Gasteiger partial charge >= 0.3 is 0 Å². The molecule has 1 rings (SSSR count). The van der Waals surface area contributed by atoms with Gasteiger partial charge in [0.2, 0.25) is 15.9 Å². The molecular formula is C18H30N2O3S. The summed E-state index contributed by atoms with van der Waals surface area (Å²) in [5.74, 6) is -0.00379. The van der Waals surface area contributed by atoms with E-state index in [4.69, 9.17) is 0 Å². The second kappa shape index (κ2) is 8.01. The average molecular weight is 355 g/mol. The summed E-state index contributed by atoms with van der Waals surface area (Å²) >= 11 is 0. The number of nitrogens with zero attached hydrogens (tertiary/aromatic N) is 1. The fourth-order valence-corrected chi connectivity index (χ4v) is 3.55. The molecule has 0 aliphatic heterocycles. The molecule has 6 heteroatoms. The molecule has 0 bridgehead atoms. The Morgan fingerprint density at radius 3 is 1.83 bits per heavy atom. The topological polar surface area (TPSA) is 66.5 Å². The molecule has 0 heterocycles. The van der Waals surface area contributed by atoms with Gasteiger partial charge in [0.25, 0.3) is 0 Å². The Morgan fingerprint density at radius 1 is 1.04 bits per heavy atom. The molecule has 0 saturated carbocycles. The van der Waals surface area contributed by atoms with Crippen molar-refractivity contribution < 1.29 is 13.2 Å². The van der Waals surface area contributed by atoms with Gasteiger partial charge in [-0.25, -0.2) is 8.42 Å². The van der Waals surface area contributed by atoms with E-state index in [-0.39, 0.29) is 30.3 Å². The number of amides is 1. The van der Waals surface area contributed by atoms with Crippen LogP contribution in [0, 0.1) is 0 Å². The van der Waals surface area contributed by atoms with Crippen LogP contribution in [0.25, 0.3) is 0 Å². The molecule has 0 aromatic heterocycles. The highest BCUT2D eigenvalue weighted by molar-refractivity contribution is 7.92. The first-order chi connectivity index (χ1) is 10.9. The van der Waals surface area contributed by atoms with Gasteiger partial charge in [0.15, 0.2) is 0 Å². The molecule has 136 valence electrons. The molecule has 0 atom stereocenters. The van der Waals surface area contributed by atoms with Crippen LogP contribution < -0.4 is 9.62 Å². The van der Waals surface area contributed by atoms with Crippen LogP contribution in [0.1, 0.15) is 64.5 Å². The summed E-state index contributed by atoms with van der Waals surface area (Å²) in [7, 11) is -3.59. The Hall–Kier alpha value is -1.56. The van der Waals surface area contributed by atoms with E-state index in [9.17, 15) is 13.2 Å². The van der Waals surface area contributed by atoms with Gasteiger partial charge in [-0.15, -0.1) is 0 Å². The van der Waals surface area contributed by atoms with E-state index in [2.05, 4.69) is 5.32 Å². The highest BCUT2D eigenvalue weighted by Crippen LogP contribution is 2.36. The van der Waals surface area contributed by atoms with Crippen LogP contribution in [0.15, 0.2) is 18.2 Å². The zero-order chi connectivity index (χ0) is 18.7. The van der Waals surface area contributed by atoms with E-state index in [1.807, 2.05) is 59.7 Å². The van der Waals surface area contributed by atoms with E-state index >= 15 is 0 Å². The van der Waals surface area contributed by atoms with E-state index in [0.29, 0.717) is 5.69 Å². The van der Waals surface area contributed by atoms with Crippen LogP contribution in [-0.2, 0) is 14.8 Å². The Labute approximate surface area is 146 Å². The van der Waals surface area contributed by atoms with Gasteiger partial charge in [-0.2, -0.15) is 0 Å². The fraction of sp³-hybridized carbons (Fsp3) is 0.611. The zero-order valence-corrected chi connectivity index (χ0v) is 16.6. The minimum Gasteiger partial charge on any atom is -0.352 e. The lowest BCUT2D eigenvalue weighted by Gasteiger charge is -2.29. The van der Waals surface area contributed by atoms with Crippen molar-refractivity contribution in [2.24, 2.45) is 0 Å². The Morgan fingerprint density at radius 2 is 1.50 bits per heavy atom. The largest absolute Gasteiger partial charge is 0.352 e. The number of hydrogen-bond donors (Lipinski definition) is 1. The molecule has 0 spiro atoms. The van der Waals surface area contributed by atoms with Crippen molar-refractivity contribution >= 4 is 21.6 Å². The molecular weight excluding hydrogens is 324 g/mol. The van der Waals surface area contributed by atoms with Crippen LogP contribution in [0.2, 0.25) is 0 Å². The van der Waals surface area contributed by atoms with E-state index in [1.54, 1.807) is 0 Å². The summed E-state index contributed by atoms with van der Waals surface area (Å²) in [6, 6.07) is 5.78. The van der Waals surface area contributed by atoms with Crippen molar-refractivity contribution in [3.05, 3.63) is 29.3 Å². The lowest BCUT2D eigenvalue weighted by molar-refractivity contribution is -0.120. The molecule has 0 saturated heterocycles. The highest BCUT2D eigenvalue weighted by atomic mass is 32.2. The lowest BCUT2D eigenvalue weighted by atomic mass is 9.92. The molecule has 0 aliphatic carbocycles. The number of sulfonamides is 1. The minimum atomic E-state index is -3.59. The molecule has 1 N–H and O–H groups in total. The van der Waals surface area contributed by atoms with Crippen LogP contribution in [0.4, 0.5) is 5.69 Å². The van der Waals surface area contributed by atoms with Gasteiger partial charge in [0.1, 0.15) is 6.54 Å². The normalized spacial score (nSPS) is 12.1. The Bertz CT molecular complexity index is 653. The quantitative estimate of drug-likeness (QED) is 0.817. The molecule has 1 aromatic rings. The third-order valence-corrected chi connectivity index (χ3v) is 4.84. The summed E-state index contributed by atoms with van der Waals surface area (Å²) in [6.07, 6.45) is 1.15. The first kappa shape index (κ1) is 20.5. The number of carbonyl (C=O) groups is 1. The molecule has 1 aromatic carbocycles. The lowest BCUT2D eigenvalue weighted by Crippen LogP contribution is -2.43. The SMILES string of the molecule is CC(C)NC(=O)CN(c1c(C(C)C)cccc1C(C)C)S(C)(=O)=O. The fourth-order valence-electron chi connectivity index (χ4n) is 2.66. The summed E-state index contributed by atoms with van der Waals surface area (Å²) in [6.45, 7) is 11.6.